The molecule has 0 saturated heterocycles. The molecule has 1 aromatic carbocycles. The van der Waals surface area contributed by atoms with Crippen LogP contribution in [-0.4, -0.2) is 18.1 Å². The second-order valence-corrected chi connectivity index (χ2v) is 3.05. The molecule has 2 N–H and O–H groups in total. The van der Waals surface area contributed by atoms with Crippen molar-refractivity contribution < 1.29 is 14.3 Å². The molecule has 3 nitrogen and oxygen atoms in total. The largest absolute Gasteiger partial charge is 0.478 e. The van der Waals surface area contributed by atoms with Gasteiger partial charge in [-0.1, -0.05) is 6.07 Å². The van der Waals surface area contributed by atoms with E-state index in [9.17, 15) is 9.18 Å². The van der Waals surface area contributed by atoms with E-state index in [1.54, 1.807) is 13.1 Å². The predicted molar refractivity (Wildman–Crippen MR) is 50.8 cm³/mol. The van der Waals surface area contributed by atoms with Gasteiger partial charge in [0, 0.05) is 6.04 Å². The second kappa shape index (κ2) is 4.19. The van der Waals surface area contributed by atoms with E-state index in [-0.39, 0.29) is 11.6 Å². The van der Waals surface area contributed by atoms with Crippen LogP contribution in [-0.2, 0) is 0 Å². The van der Waals surface area contributed by atoms with Gasteiger partial charge in [-0.25, -0.2) is 9.18 Å². The highest BCUT2D eigenvalue weighted by Crippen LogP contribution is 2.16. The highest BCUT2D eigenvalue weighted by molar-refractivity contribution is 5.88. The highest BCUT2D eigenvalue weighted by Gasteiger charge is 2.12. The van der Waals surface area contributed by atoms with Crippen LogP contribution in [0.25, 0.3) is 0 Å². The minimum absolute atomic E-state index is 0.00806. The van der Waals surface area contributed by atoms with Gasteiger partial charge in [-0.3, -0.25) is 0 Å². The van der Waals surface area contributed by atoms with Crippen molar-refractivity contribution in [3.63, 3.8) is 0 Å². The quantitative estimate of drug-likeness (QED) is 0.776. The number of carboxylic acid groups (broad SMARTS) is 1. The van der Waals surface area contributed by atoms with E-state index in [2.05, 4.69) is 5.32 Å². The van der Waals surface area contributed by atoms with Crippen molar-refractivity contribution in [3.05, 3.63) is 35.1 Å². The fourth-order valence-corrected chi connectivity index (χ4v) is 1.14. The fraction of sp³-hybridized carbons (Fsp3) is 0.300. The molecule has 1 rings (SSSR count). The summed E-state index contributed by atoms with van der Waals surface area (Å²) in [6, 6.07) is 4.10. The molecule has 0 aliphatic heterocycles. The van der Waals surface area contributed by atoms with Crippen LogP contribution in [0, 0.1) is 5.82 Å². The van der Waals surface area contributed by atoms with Gasteiger partial charge in [0.25, 0.3) is 0 Å². The van der Waals surface area contributed by atoms with Gasteiger partial charge < -0.3 is 10.4 Å². The van der Waals surface area contributed by atoms with E-state index in [0.29, 0.717) is 0 Å². The van der Waals surface area contributed by atoms with Crippen LogP contribution >= 0.6 is 0 Å². The first-order valence-electron chi connectivity index (χ1n) is 4.26. The van der Waals surface area contributed by atoms with Gasteiger partial charge in [0.15, 0.2) is 0 Å². The second-order valence-electron chi connectivity index (χ2n) is 3.05. The van der Waals surface area contributed by atoms with Crippen molar-refractivity contribution in [2.24, 2.45) is 0 Å². The number of rotatable bonds is 3. The molecule has 14 heavy (non-hydrogen) atoms. The zero-order valence-electron chi connectivity index (χ0n) is 8.04. The molecule has 0 amide bonds. The number of carboxylic acids is 1. The Hall–Kier alpha value is -1.42. The first-order chi connectivity index (χ1) is 6.56. The van der Waals surface area contributed by atoms with Crippen LogP contribution in [0.5, 0.6) is 0 Å². The first-order valence-corrected chi connectivity index (χ1v) is 4.26. The van der Waals surface area contributed by atoms with Gasteiger partial charge in [-0.15, -0.1) is 0 Å². The molecule has 0 saturated carbocycles. The molecule has 1 aromatic rings. The standard InChI is InChI=1S/C10H12FNO2/c1-6(12-2)7-3-4-9(11)8(5-7)10(13)14/h3-6,12H,1-2H3,(H,13,14). The van der Waals surface area contributed by atoms with E-state index in [1.165, 1.54) is 12.1 Å². The van der Waals surface area contributed by atoms with Gasteiger partial charge in [0.05, 0.1) is 5.56 Å². The van der Waals surface area contributed by atoms with Crippen molar-refractivity contribution in [1.29, 1.82) is 0 Å². The molecule has 76 valence electrons. The summed E-state index contributed by atoms with van der Waals surface area (Å²) in [5, 5.41) is 11.6. The van der Waals surface area contributed by atoms with Gasteiger partial charge in [0.2, 0.25) is 0 Å². The van der Waals surface area contributed by atoms with Crippen LogP contribution in [0.15, 0.2) is 18.2 Å². The number of halogens is 1. The molecule has 0 spiro atoms. The van der Waals surface area contributed by atoms with Gasteiger partial charge in [0.1, 0.15) is 5.82 Å². The third-order valence-corrected chi connectivity index (χ3v) is 2.15. The Morgan fingerprint density at radius 1 is 1.57 bits per heavy atom. The minimum atomic E-state index is -1.24. The minimum Gasteiger partial charge on any atom is -0.478 e. The lowest BCUT2D eigenvalue weighted by atomic mass is 10.0. The molecule has 4 heteroatoms. The molecule has 0 bridgehead atoms. The van der Waals surface area contributed by atoms with Crippen LogP contribution in [0.3, 0.4) is 0 Å². The molecule has 0 aliphatic carbocycles. The Balaban J connectivity index is 3.12. The zero-order chi connectivity index (χ0) is 10.7. The smallest absolute Gasteiger partial charge is 0.338 e. The highest BCUT2D eigenvalue weighted by atomic mass is 19.1. The molecule has 0 fully saturated rings. The van der Waals surface area contributed by atoms with Crippen molar-refractivity contribution in [2.75, 3.05) is 7.05 Å². The number of hydrogen-bond acceptors (Lipinski definition) is 2. The fourth-order valence-electron chi connectivity index (χ4n) is 1.14. The molecular formula is C10H12FNO2. The van der Waals surface area contributed by atoms with E-state index in [4.69, 9.17) is 5.11 Å². The summed E-state index contributed by atoms with van der Waals surface area (Å²) in [5.41, 5.74) is 0.468. The average Bonchev–Trinajstić information content (AvgIpc) is 2.17. The van der Waals surface area contributed by atoms with Gasteiger partial charge in [-0.2, -0.15) is 0 Å². The summed E-state index contributed by atoms with van der Waals surface area (Å²) in [6.45, 7) is 1.87. The molecule has 1 unspecified atom stereocenters. The Kier molecular flexibility index (Phi) is 3.19. The number of nitrogens with one attached hydrogen (secondary N) is 1. The Morgan fingerprint density at radius 2 is 2.21 bits per heavy atom. The predicted octanol–water partition coefficient (Wildman–Crippen LogP) is 1.80. The first kappa shape index (κ1) is 10.7. The average molecular weight is 197 g/mol. The zero-order valence-corrected chi connectivity index (χ0v) is 8.04. The SMILES string of the molecule is CNC(C)c1ccc(F)c(C(=O)O)c1. The Bertz CT molecular complexity index is 352. The lowest BCUT2D eigenvalue weighted by Crippen LogP contribution is -2.13. The maximum absolute atomic E-state index is 13.0. The summed E-state index contributed by atoms with van der Waals surface area (Å²) < 4.78 is 13.0. The van der Waals surface area contributed by atoms with E-state index in [0.717, 1.165) is 5.56 Å². The van der Waals surface area contributed by atoms with Crippen LogP contribution < -0.4 is 5.32 Å². The van der Waals surface area contributed by atoms with Crippen LogP contribution in [0.4, 0.5) is 4.39 Å². The molecule has 0 aliphatic rings. The number of benzene rings is 1. The maximum Gasteiger partial charge on any atom is 0.338 e. The maximum atomic E-state index is 13.0. The summed E-state index contributed by atoms with van der Waals surface area (Å²) in [6.07, 6.45) is 0. The summed E-state index contributed by atoms with van der Waals surface area (Å²) in [5.74, 6) is -1.95. The monoisotopic (exact) mass is 197 g/mol. The van der Waals surface area contributed by atoms with E-state index < -0.39 is 11.8 Å². The van der Waals surface area contributed by atoms with Crippen molar-refractivity contribution in [1.82, 2.24) is 5.32 Å². The van der Waals surface area contributed by atoms with Crippen molar-refractivity contribution in [2.45, 2.75) is 13.0 Å². The lowest BCUT2D eigenvalue weighted by molar-refractivity contribution is 0.0691. The molecule has 0 heterocycles. The number of hydrogen-bond donors (Lipinski definition) is 2. The van der Waals surface area contributed by atoms with Crippen LogP contribution in [0.2, 0.25) is 0 Å². The summed E-state index contributed by atoms with van der Waals surface area (Å²) in [4.78, 5) is 10.6. The molecular weight excluding hydrogens is 185 g/mol. The van der Waals surface area contributed by atoms with Crippen LogP contribution in [0.1, 0.15) is 28.9 Å². The van der Waals surface area contributed by atoms with Crippen molar-refractivity contribution in [3.8, 4) is 0 Å². The Labute approximate surface area is 81.6 Å². The number of aromatic carboxylic acids is 1. The molecule has 1 atom stereocenters. The third kappa shape index (κ3) is 2.09. The molecule has 0 aromatic heterocycles. The van der Waals surface area contributed by atoms with E-state index >= 15 is 0 Å². The van der Waals surface area contributed by atoms with Gasteiger partial charge >= 0.3 is 5.97 Å². The van der Waals surface area contributed by atoms with E-state index in [1.807, 2.05) is 6.92 Å². The summed E-state index contributed by atoms with van der Waals surface area (Å²) in [7, 11) is 1.76. The summed E-state index contributed by atoms with van der Waals surface area (Å²) >= 11 is 0. The Morgan fingerprint density at radius 3 is 2.71 bits per heavy atom. The lowest BCUT2D eigenvalue weighted by Gasteiger charge is -2.11. The van der Waals surface area contributed by atoms with Gasteiger partial charge in [-0.05, 0) is 31.7 Å². The van der Waals surface area contributed by atoms with Crippen molar-refractivity contribution >= 4 is 5.97 Å². The number of carbonyl (C=O) groups is 1. The third-order valence-electron chi connectivity index (χ3n) is 2.15. The topological polar surface area (TPSA) is 49.3 Å². The normalized spacial score (nSPS) is 12.5. The molecule has 0 radical (unpaired) electrons.